The molecule has 0 aliphatic heterocycles. The van der Waals surface area contributed by atoms with Gasteiger partial charge in [0.05, 0.1) is 18.8 Å². The summed E-state index contributed by atoms with van der Waals surface area (Å²) in [7, 11) is 0. The summed E-state index contributed by atoms with van der Waals surface area (Å²) in [5.74, 6) is 0. The summed E-state index contributed by atoms with van der Waals surface area (Å²) in [5, 5.41) is 20.1. The summed E-state index contributed by atoms with van der Waals surface area (Å²) in [6, 6.07) is 10.5. The molecule has 1 unspecified atom stereocenters. The number of nitrogens with zero attached hydrogens (tertiary/aromatic N) is 3. The Hall–Kier alpha value is -1.72. The van der Waals surface area contributed by atoms with Gasteiger partial charge in [-0.3, -0.25) is 0 Å². The first-order valence-corrected chi connectivity index (χ1v) is 6.08. The van der Waals surface area contributed by atoms with E-state index in [0.29, 0.717) is 13.1 Å². The fraction of sp³-hybridized carbons (Fsp3) is 0.385. The second-order valence-corrected chi connectivity index (χ2v) is 4.21. The van der Waals surface area contributed by atoms with Crippen LogP contribution in [0.5, 0.6) is 0 Å². The van der Waals surface area contributed by atoms with Gasteiger partial charge < -0.3 is 10.4 Å². The highest BCUT2D eigenvalue weighted by molar-refractivity contribution is 5.18. The van der Waals surface area contributed by atoms with Crippen molar-refractivity contribution < 1.29 is 5.11 Å². The van der Waals surface area contributed by atoms with E-state index < -0.39 is 0 Å². The number of nitrogens with one attached hydrogen (secondary N) is 1. The summed E-state index contributed by atoms with van der Waals surface area (Å²) >= 11 is 0. The Balaban J connectivity index is 1.87. The third kappa shape index (κ3) is 3.38. The molecule has 0 radical (unpaired) electrons. The number of rotatable bonds is 6. The molecule has 0 fully saturated rings. The van der Waals surface area contributed by atoms with Crippen LogP contribution in [-0.2, 0) is 13.1 Å². The summed E-state index contributed by atoms with van der Waals surface area (Å²) in [5.41, 5.74) is 2.13. The quantitative estimate of drug-likeness (QED) is 0.802. The minimum absolute atomic E-state index is 0.0800. The van der Waals surface area contributed by atoms with Crippen molar-refractivity contribution in [2.24, 2.45) is 0 Å². The number of aromatic nitrogens is 3. The molecule has 18 heavy (non-hydrogen) atoms. The van der Waals surface area contributed by atoms with E-state index in [9.17, 15) is 0 Å². The van der Waals surface area contributed by atoms with Crippen LogP contribution in [0.3, 0.4) is 0 Å². The van der Waals surface area contributed by atoms with Gasteiger partial charge in [0.2, 0.25) is 0 Å². The highest BCUT2D eigenvalue weighted by Crippen LogP contribution is 2.11. The molecule has 2 aromatic rings. The largest absolute Gasteiger partial charge is 0.394 e. The maximum absolute atomic E-state index is 8.79. The molecular formula is C13H18N4O. The number of benzene rings is 1. The van der Waals surface area contributed by atoms with Crippen LogP contribution in [0.2, 0.25) is 0 Å². The van der Waals surface area contributed by atoms with E-state index in [1.807, 2.05) is 24.4 Å². The molecule has 0 spiro atoms. The molecule has 0 saturated carbocycles. The molecule has 96 valence electrons. The van der Waals surface area contributed by atoms with E-state index in [0.717, 1.165) is 5.69 Å². The molecule has 0 bridgehead atoms. The third-order valence-electron chi connectivity index (χ3n) is 2.80. The summed E-state index contributed by atoms with van der Waals surface area (Å²) in [6.07, 6.45) is 1.85. The first kappa shape index (κ1) is 12.7. The summed E-state index contributed by atoms with van der Waals surface area (Å²) in [4.78, 5) is 0. The SMILES string of the molecule is CC(NCc1cn(CCO)nn1)c1ccccc1. The van der Waals surface area contributed by atoms with Crippen LogP contribution < -0.4 is 5.32 Å². The molecule has 0 saturated heterocycles. The number of aliphatic hydroxyl groups excluding tert-OH is 1. The zero-order chi connectivity index (χ0) is 12.8. The lowest BCUT2D eigenvalue weighted by atomic mass is 10.1. The van der Waals surface area contributed by atoms with Crippen LogP contribution in [0.25, 0.3) is 0 Å². The van der Waals surface area contributed by atoms with Gasteiger partial charge in [-0.25, -0.2) is 4.68 Å². The van der Waals surface area contributed by atoms with Crippen molar-refractivity contribution in [2.45, 2.75) is 26.1 Å². The molecule has 5 heteroatoms. The van der Waals surface area contributed by atoms with Crippen LogP contribution in [0.4, 0.5) is 0 Å². The summed E-state index contributed by atoms with van der Waals surface area (Å²) < 4.78 is 1.64. The van der Waals surface area contributed by atoms with Gasteiger partial charge in [0.25, 0.3) is 0 Å². The topological polar surface area (TPSA) is 63.0 Å². The van der Waals surface area contributed by atoms with Gasteiger partial charge in [0.15, 0.2) is 0 Å². The van der Waals surface area contributed by atoms with Gasteiger partial charge in [-0.15, -0.1) is 5.10 Å². The van der Waals surface area contributed by atoms with Gasteiger partial charge >= 0.3 is 0 Å². The first-order chi connectivity index (χ1) is 8.79. The lowest BCUT2D eigenvalue weighted by Crippen LogP contribution is -2.18. The van der Waals surface area contributed by atoms with Crippen LogP contribution in [0.1, 0.15) is 24.2 Å². The Bertz CT molecular complexity index is 469. The van der Waals surface area contributed by atoms with Crippen molar-refractivity contribution in [1.29, 1.82) is 0 Å². The van der Waals surface area contributed by atoms with Gasteiger partial charge in [-0.1, -0.05) is 35.5 Å². The lowest BCUT2D eigenvalue weighted by Gasteiger charge is -2.12. The minimum atomic E-state index is 0.0800. The van der Waals surface area contributed by atoms with Crippen LogP contribution >= 0.6 is 0 Å². The van der Waals surface area contributed by atoms with Gasteiger partial charge in [-0.05, 0) is 12.5 Å². The van der Waals surface area contributed by atoms with E-state index >= 15 is 0 Å². The monoisotopic (exact) mass is 246 g/mol. The van der Waals surface area contributed by atoms with Crippen molar-refractivity contribution >= 4 is 0 Å². The second kappa shape index (κ2) is 6.28. The highest BCUT2D eigenvalue weighted by Gasteiger charge is 2.05. The molecule has 5 nitrogen and oxygen atoms in total. The van der Waals surface area contributed by atoms with Crippen LogP contribution in [0.15, 0.2) is 36.5 Å². The highest BCUT2D eigenvalue weighted by atomic mass is 16.3. The fourth-order valence-electron chi connectivity index (χ4n) is 1.75. The third-order valence-corrected chi connectivity index (χ3v) is 2.80. The molecule has 0 aliphatic rings. The maximum Gasteiger partial charge on any atom is 0.0965 e. The van der Waals surface area contributed by atoms with Crippen molar-refractivity contribution in [3.05, 3.63) is 47.8 Å². The predicted octanol–water partition coefficient (Wildman–Crippen LogP) is 1.12. The fourth-order valence-corrected chi connectivity index (χ4v) is 1.75. The number of hydrogen-bond acceptors (Lipinski definition) is 4. The zero-order valence-electron chi connectivity index (χ0n) is 10.5. The predicted molar refractivity (Wildman–Crippen MR) is 68.8 cm³/mol. The molecule has 1 aromatic heterocycles. The Labute approximate surface area is 106 Å². The van der Waals surface area contributed by atoms with E-state index in [1.165, 1.54) is 5.56 Å². The molecule has 2 N–H and O–H groups in total. The van der Waals surface area contributed by atoms with Crippen molar-refractivity contribution in [3.8, 4) is 0 Å². The average molecular weight is 246 g/mol. The first-order valence-electron chi connectivity index (χ1n) is 6.08. The van der Waals surface area contributed by atoms with Gasteiger partial charge in [-0.2, -0.15) is 0 Å². The molecular weight excluding hydrogens is 228 g/mol. The zero-order valence-corrected chi connectivity index (χ0v) is 10.5. The van der Waals surface area contributed by atoms with Gasteiger partial charge in [0.1, 0.15) is 0 Å². The Kier molecular flexibility index (Phi) is 4.44. The lowest BCUT2D eigenvalue weighted by molar-refractivity contribution is 0.268. The van der Waals surface area contributed by atoms with Gasteiger partial charge in [0, 0.05) is 18.8 Å². The van der Waals surface area contributed by atoms with Crippen LogP contribution in [-0.4, -0.2) is 26.7 Å². The molecule has 1 heterocycles. The van der Waals surface area contributed by atoms with E-state index in [4.69, 9.17) is 5.11 Å². The number of hydrogen-bond donors (Lipinski definition) is 2. The second-order valence-electron chi connectivity index (χ2n) is 4.21. The average Bonchev–Trinajstić information content (AvgIpc) is 2.85. The normalized spacial score (nSPS) is 12.6. The number of aliphatic hydroxyl groups is 1. The minimum Gasteiger partial charge on any atom is -0.394 e. The van der Waals surface area contributed by atoms with E-state index in [1.54, 1.807) is 4.68 Å². The summed E-state index contributed by atoms with van der Waals surface area (Å²) in [6.45, 7) is 3.35. The van der Waals surface area contributed by atoms with E-state index in [-0.39, 0.29) is 12.6 Å². The maximum atomic E-state index is 8.79. The molecule has 1 aromatic carbocycles. The molecule has 0 amide bonds. The Morgan fingerprint density at radius 1 is 1.33 bits per heavy atom. The van der Waals surface area contributed by atoms with Crippen molar-refractivity contribution in [2.75, 3.05) is 6.61 Å². The Morgan fingerprint density at radius 2 is 2.11 bits per heavy atom. The smallest absolute Gasteiger partial charge is 0.0965 e. The standard InChI is InChI=1S/C13H18N4O/c1-11(12-5-3-2-4-6-12)14-9-13-10-17(7-8-18)16-15-13/h2-6,10-11,14,18H,7-9H2,1H3. The van der Waals surface area contributed by atoms with Crippen molar-refractivity contribution in [3.63, 3.8) is 0 Å². The molecule has 0 aliphatic carbocycles. The van der Waals surface area contributed by atoms with E-state index in [2.05, 4.69) is 34.7 Å². The molecule has 1 atom stereocenters. The van der Waals surface area contributed by atoms with Crippen molar-refractivity contribution in [1.82, 2.24) is 20.3 Å². The van der Waals surface area contributed by atoms with Crippen LogP contribution in [0, 0.1) is 0 Å². The Morgan fingerprint density at radius 3 is 2.83 bits per heavy atom. The molecule has 2 rings (SSSR count).